The Bertz CT molecular complexity index is 350. The molecule has 0 aliphatic carbocycles. The molecule has 0 fully saturated rings. The lowest BCUT2D eigenvalue weighted by Crippen LogP contribution is -2.59. The first-order valence-electron chi connectivity index (χ1n) is 6.62. The van der Waals surface area contributed by atoms with E-state index in [2.05, 4.69) is 11.9 Å². The van der Waals surface area contributed by atoms with E-state index in [1.807, 2.05) is 6.92 Å². The van der Waals surface area contributed by atoms with Crippen LogP contribution in [0.5, 0.6) is 0 Å². The van der Waals surface area contributed by atoms with Crippen molar-refractivity contribution < 1.29 is 14.4 Å². The lowest BCUT2D eigenvalue weighted by atomic mass is 10.1. The Labute approximate surface area is 109 Å². The van der Waals surface area contributed by atoms with Gasteiger partial charge in [0.25, 0.3) is 0 Å². The third kappa shape index (κ3) is 3.40. The molecule has 1 heterocycles. The summed E-state index contributed by atoms with van der Waals surface area (Å²) in [6.07, 6.45) is 8.61. The number of aliphatic carboxylic acids is 1. The van der Waals surface area contributed by atoms with E-state index in [0.29, 0.717) is 0 Å². The first-order valence-corrected chi connectivity index (χ1v) is 6.62. The molecule has 0 bridgehead atoms. The molecule has 0 spiro atoms. The number of amidine groups is 1. The molecule has 2 unspecified atom stereocenters. The number of quaternary nitrogens is 1. The molecule has 0 radical (unpaired) electrons. The molecule has 0 aromatic heterocycles. The van der Waals surface area contributed by atoms with Crippen molar-refractivity contribution in [2.45, 2.75) is 52.1 Å². The van der Waals surface area contributed by atoms with E-state index < -0.39 is 5.97 Å². The molecule has 1 rings (SSSR count). The number of carboxylic acid groups (broad SMARTS) is 1. The first-order chi connectivity index (χ1) is 8.53. The number of unbranched alkanes of at least 4 members (excludes halogenated alkanes) is 3. The Morgan fingerprint density at radius 3 is 2.78 bits per heavy atom. The fraction of sp³-hybridized carbons (Fsp3) is 0.692. The Balaban J connectivity index is 2.68. The fourth-order valence-electron chi connectivity index (χ4n) is 2.30. The molecule has 102 valence electrons. The van der Waals surface area contributed by atoms with Gasteiger partial charge >= 0.3 is 5.97 Å². The highest BCUT2D eigenvalue weighted by Gasteiger charge is 2.40. The van der Waals surface area contributed by atoms with E-state index in [-0.39, 0.29) is 17.2 Å². The number of hydrogen-bond acceptors (Lipinski definition) is 3. The Kier molecular flexibility index (Phi) is 5.50. The summed E-state index contributed by atoms with van der Waals surface area (Å²) in [5, 5.41) is 9.06. The van der Waals surface area contributed by atoms with Crippen LogP contribution in [0.2, 0.25) is 0 Å². The highest BCUT2D eigenvalue weighted by atomic mass is 16.4. The lowest BCUT2D eigenvalue weighted by molar-refractivity contribution is -0.805. The zero-order chi connectivity index (χ0) is 13.6. The first kappa shape index (κ1) is 14.9. The van der Waals surface area contributed by atoms with Gasteiger partial charge in [-0.05, 0) is 6.42 Å². The molecule has 5 nitrogen and oxygen atoms in total. The Morgan fingerprint density at radius 2 is 2.22 bits per heavy atom. The van der Waals surface area contributed by atoms with Crippen LogP contribution in [-0.4, -0.2) is 34.1 Å². The summed E-state index contributed by atoms with van der Waals surface area (Å²) in [5.41, 5.74) is 5.98. The predicted molar refractivity (Wildman–Crippen MR) is 71.7 cm³/mol. The number of rotatable bonds is 8. The SMILES string of the molecule is CCCCCCC1=NC=C[N+]1(CC(=O)O)C(C)N. The van der Waals surface area contributed by atoms with Crippen LogP contribution >= 0.6 is 0 Å². The van der Waals surface area contributed by atoms with E-state index in [9.17, 15) is 4.79 Å². The van der Waals surface area contributed by atoms with Crippen molar-refractivity contribution in [3.05, 3.63) is 12.4 Å². The normalized spacial score (nSPS) is 24.1. The highest BCUT2D eigenvalue weighted by molar-refractivity contribution is 5.81. The number of nitrogens with zero attached hydrogens (tertiary/aromatic N) is 2. The topological polar surface area (TPSA) is 75.7 Å². The van der Waals surface area contributed by atoms with Gasteiger partial charge in [0.15, 0.2) is 6.54 Å². The van der Waals surface area contributed by atoms with Gasteiger partial charge in [-0.2, -0.15) is 0 Å². The monoisotopic (exact) mass is 254 g/mol. The second-order valence-corrected chi connectivity index (χ2v) is 4.88. The van der Waals surface area contributed by atoms with Crippen molar-refractivity contribution in [2.75, 3.05) is 6.54 Å². The van der Waals surface area contributed by atoms with Gasteiger partial charge in [-0.15, -0.1) is 0 Å². The number of carbonyl (C=O) groups is 1. The van der Waals surface area contributed by atoms with Gasteiger partial charge < -0.3 is 5.11 Å². The van der Waals surface area contributed by atoms with Crippen LogP contribution in [0.1, 0.15) is 46.0 Å². The van der Waals surface area contributed by atoms with Gasteiger partial charge in [-0.25, -0.2) is 14.3 Å². The summed E-state index contributed by atoms with van der Waals surface area (Å²) in [6.45, 7) is 3.97. The van der Waals surface area contributed by atoms with Gasteiger partial charge in [0.2, 0.25) is 5.84 Å². The molecule has 1 aliphatic rings. The molecule has 0 aromatic carbocycles. The summed E-state index contributed by atoms with van der Waals surface area (Å²) in [4.78, 5) is 15.4. The maximum Gasteiger partial charge on any atom is 0.360 e. The average molecular weight is 254 g/mol. The molecular formula is C13H24N3O2+. The van der Waals surface area contributed by atoms with E-state index in [4.69, 9.17) is 10.8 Å². The average Bonchev–Trinajstić information content (AvgIpc) is 2.68. The van der Waals surface area contributed by atoms with Gasteiger partial charge in [0, 0.05) is 13.3 Å². The van der Waals surface area contributed by atoms with Gasteiger partial charge in [0.1, 0.15) is 12.4 Å². The van der Waals surface area contributed by atoms with Crippen molar-refractivity contribution in [3.8, 4) is 0 Å². The fourth-order valence-corrected chi connectivity index (χ4v) is 2.30. The Hall–Kier alpha value is -1.20. The van der Waals surface area contributed by atoms with Crippen LogP contribution in [0.15, 0.2) is 17.4 Å². The van der Waals surface area contributed by atoms with E-state index >= 15 is 0 Å². The molecule has 18 heavy (non-hydrogen) atoms. The predicted octanol–water partition coefficient (Wildman–Crippen LogP) is 2.05. The van der Waals surface area contributed by atoms with Crippen molar-refractivity contribution in [1.29, 1.82) is 0 Å². The van der Waals surface area contributed by atoms with Crippen molar-refractivity contribution in [1.82, 2.24) is 0 Å². The zero-order valence-corrected chi connectivity index (χ0v) is 11.3. The number of hydrogen-bond donors (Lipinski definition) is 2. The molecular weight excluding hydrogens is 230 g/mol. The molecule has 0 saturated carbocycles. The largest absolute Gasteiger partial charge is 0.477 e. The minimum Gasteiger partial charge on any atom is -0.477 e. The van der Waals surface area contributed by atoms with Crippen LogP contribution in [0.25, 0.3) is 0 Å². The molecule has 0 aromatic rings. The van der Waals surface area contributed by atoms with Gasteiger partial charge in [0.05, 0.1) is 6.20 Å². The van der Waals surface area contributed by atoms with E-state index in [1.165, 1.54) is 12.8 Å². The van der Waals surface area contributed by atoms with E-state index in [1.54, 1.807) is 12.4 Å². The minimum absolute atomic E-state index is 0.0270. The minimum atomic E-state index is -0.847. The second-order valence-electron chi connectivity index (χ2n) is 4.88. The van der Waals surface area contributed by atoms with Crippen molar-refractivity contribution >= 4 is 11.8 Å². The lowest BCUT2D eigenvalue weighted by Gasteiger charge is -2.34. The third-order valence-electron chi connectivity index (χ3n) is 3.41. The molecule has 0 saturated heterocycles. The smallest absolute Gasteiger partial charge is 0.360 e. The summed E-state index contributed by atoms with van der Waals surface area (Å²) < 4.78 is 0.168. The summed E-state index contributed by atoms with van der Waals surface area (Å²) in [5.74, 6) is 0.0311. The summed E-state index contributed by atoms with van der Waals surface area (Å²) in [6, 6.07) is 0. The Morgan fingerprint density at radius 1 is 1.50 bits per heavy atom. The van der Waals surface area contributed by atoms with Crippen molar-refractivity contribution in [3.63, 3.8) is 0 Å². The second kappa shape index (κ2) is 6.66. The third-order valence-corrected chi connectivity index (χ3v) is 3.41. The zero-order valence-electron chi connectivity index (χ0n) is 11.3. The maximum absolute atomic E-state index is 11.0. The molecule has 1 aliphatic heterocycles. The highest BCUT2D eigenvalue weighted by Crippen LogP contribution is 2.23. The molecule has 5 heteroatoms. The standard InChI is InChI=1S/C13H23N3O2/c1-3-4-5-6-7-12-15-8-9-16(12,11(2)14)10-13(17)18/h8-9,11H,3-7,10,14H2,1-2H3/p+1. The molecule has 0 amide bonds. The summed E-state index contributed by atoms with van der Waals surface area (Å²) in [7, 11) is 0. The maximum atomic E-state index is 11.0. The number of carboxylic acids is 1. The quantitative estimate of drug-likeness (QED) is 0.514. The van der Waals surface area contributed by atoms with Crippen LogP contribution in [0.4, 0.5) is 0 Å². The summed E-state index contributed by atoms with van der Waals surface area (Å²) >= 11 is 0. The van der Waals surface area contributed by atoms with Gasteiger partial charge in [-0.3, -0.25) is 5.73 Å². The van der Waals surface area contributed by atoms with E-state index in [0.717, 1.165) is 25.1 Å². The molecule has 2 atom stereocenters. The number of nitrogens with two attached hydrogens (primary N) is 1. The van der Waals surface area contributed by atoms with Crippen LogP contribution in [-0.2, 0) is 4.79 Å². The van der Waals surface area contributed by atoms with Crippen molar-refractivity contribution in [2.24, 2.45) is 10.7 Å². The number of aliphatic imine (C=N–C) groups is 1. The van der Waals surface area contributed by atoms with Crippen LogP contribution in [0.3, 0.4) is 0 Å². The van der Waals surface area contributed by atoms with Crippen LogP contribution in [0, 0.1) is 0 Å². The van der Waals surface area contributed by atoms with Crippen LogP contribution < -0.4 is 5.73 Å². The van der Waals surface area contributed by atoms with Gasteiger partial charge in [-0.1, -0.05) is 26.2 Å². The molecule has 3 N–H and O–H groups in total.